The molecule has 0 bridgehead atoms. The van der Waals surface area contributed by atoms with Gasteiger partial charge in [-0.3, -0.25) is 23.5 Å². The monoisotopic (exact) mass is 297 g/mol. The third-order valence-corrected chi connectivity index (χ3v) is 2.95. The van der Waals surface area contributed by atoms with E-state index in [1.54, 1.807) is 6.92 Å². The molecule has 0 aliphatic carbocycles. The Morgan fingerprint density at radius 3 is 2.62 bits per heavy atom. The normalized spacial score (nSPS) is 10.2. The summed E-state index contributed by atoms with van der Waals surface area (Å²) in [5, 5.41) is 0. The van der Waals surface area contributed by atoms with Crippen molar-refractivity contribution >= 4 is 11.9 Å². The topological polar surface area (TPSA) is 90.6 Å². The third kappa shape index (κ3) is 4.59. The molecule has 8 heteroatoms. The third-order valence-electron chi connectivity index (χ3n) is 2.95. The number of esters is 1. The Morgan fingerprint density at radius 1 is 1.33 bits per heavy atom. The first-order chi connectivity index (χ1) is 9.86. The largest absolute Gasteiger partial charge is 0.466 e. The van der Waals surface area contributed by atoms with Crippen LogP contribution in [0.1, 0.15) is 13.3 Å². The number of likely N-dealkylation sites (N-methyl/N-ethyl adjacent to an activating group) is 1. The van der Waals surface area contributed by atoms with E-state index in [1.165, 1.54) is 31.3 Å². The summed E-state index contributed by atoms with van der Waals surface area (Å²) in [4.78, 5) is 47.5. The Labute approximate surface area is 121 Å². The molecule has 0 saturated carbocycles. The van der Waals surface area contributed by atoms with Gasteiger partial charge in [-0.1, -0.05) is 0 Å². The molecule has 8 nitrogen and oxygen atoms in total. The van der Waals surface area contributed by atoms with Gasteiger partial charge in [0.25, 0.3) is 5.56 Å². The van der Waals surface area contributed by atoms with Gasteiger partial charge in [0.05, 0.1) is 13.0 Å². The van der Waals surface area contributed by atoms with Crippen LogP contribution in [-0.2, 0) is 27.9 Å². The summed E-state index contributed by atoms with van der Waals surface area (Å²) < 4.78 is 6.83. The zero-order valence-corrected chi connectivity index (χ0v) is 12.4. The number of hydrogen-bond donors (Lipinski definition) is 0. The molecule has 0 aliphatic heterocycles. The summed E-state index contributed by atoms with van der Waals surface area (Å²) in [5.41, 5.74) is -0.992. The molecule has 0 spiro atoms. The Bertz CT molecular complexity index is 631. The molecule has 1 rings (SSSR count). The fraction of sp³-hybridized carbons (Fsp3) is 0.538. The fourth-order valence-electron chi connectivity index (χ4n) is 1.62. The van der Waals surface area contributed by atoms with Gasteiger partial charge in [0, 0.05) is 32.9 Å². The highest BCUT2D eigenvalue weighted by Gasteiger charge is 2.13. The van der Waals surface area contributed by atoms with Crippen LogP contribution in [0.5, 0.6) is 0 Å². The van der Waals surface area contributed by atoms with Gasteiger partial charge in [0.15, 0.2) is 0 Å². The van der Waals surface area contributed by atoms with E-state index in [0.29, 0.717) is 6.61 Å². The van der Waals surface area contributed by atoms with Crippen molar-refractivity contribution in [2.24, 2.45) is 7.05 Å². The predicted octanol–water partition coefficient (Wildman–Crippen LogP) is -1.04. The van der Waals surface area contributed by atoms with Gasteiger partial charge in [-0.25, -0.2) is 4.79 Å². The quantitative estimate of drug-likeness (QED) is 0.625. The molecule has 1 amide bonds. The molecule has 0 saturated heterocycles. The van der Waals surface area contributed by atoms with Crippen molar-refractivity contribution < 1.29 is 14.3 Å². The number of nitrogens with zero attached hydrogens (tertiary/aromatic N) is 3. The van der Waals surface area contributed by atoms with Gasteiger partial charge in [0.2, 0.25) is 5.91 Å². The maximum Gasteiger partial charge on any atom is 0.331 e. The zero-order chi connectivity index (χ0) is 16.0. The maximum atomic E-state index is 12.0. The minimum atomic E-state index is -0.561. The summed E-state index contributed by atoms with van der Waals surface area (Å²) in [5.74, 6) is -0.712. The van der Waals surface area contributed by atoms with Crippen molar-refractivity contribution in [2.75, 3.05) is 20.2 Å². The summed E-state index contributed by atoms with van der Waals surface area (Å²) >= 11 is 0. The standard InChI is InChI=1S/C13H19N3O5/c1-4-21-12(19)6-7-14(2)11(18)9-16-8-5-10(17)15(3)13(16)20/h5,8H,4,6-7,9H2,1-3H3. The Balaban J connectivity index is 2.65. The van der Waals surface area contributed by atoms with Gasteiger partial charge in [0.1, 0.15) is 6.54 Å². The zero-order valence-electron chi connectivity index (χ0n) is 12.4. The van der Waals surface area contributed by atoms with Crippen LogP contribution in [0.15, 0.2) is 21.9 Å². The Morgan fingerprint density at radius 2 is 2.00 bits per heavy atom. The van der Waals surface area contributed by atoms with Crippen LogP contribution in [0.3, 0.4) is 0 Å². The highest BCUT2D eigenvalue weighted by molar-refractivity contribution is 5.76. The van der Waals surface area contributed by atoms with Gasteiger partial charge in [-0.2, -0.15) is 0 Å². The smallest absolute Gasteiger partial charge is 0.331 e. The van der Waals surface area contributed by atoms with Crippen LogP contribution in [0.2, 0.25) is 0 Å². The SMILES string of the molecule is CCOC(=O)CCN(C)C(=O)Cn1ccc(=O)n(C)c1=O. The summed E-state index contributed by atoms with van der Waals surface area (Å²) in [6, 6.07) is 1.22. The molecule has 1 aromatic heterocycles. The van der Waals surface area contributed by atoms with Gasteiger partial charge >= 0.3 is 11.7 Å². The van der Waals surface area contributed by atoms with E-state index in [1.807, 2.05) is 0 Å². The highest BCUT2D eigenvalue weighted by atomic mass is 16.5. The van der Waals surface area contributed by atoms with E-state index in [0.717, 1.165) is 9.13 Å². The molecule has 0 N–H and O–H groups in total. The van der Waals surface area contributed by atoms with Crippen molar-refractivity contribution in [1.29, 1.82) is 0 Å². The lowest BCUT2D eigenvalue weighted by Gasteiger charge is -2.17. The van der Waals surface area contributed by atoms with Crippen molar-refractivity contribution in [2.45, 2.75) is 19.9 Å². The lowest BCUT2D eigenvalue weighted by atomic mass is 10.4. The van der Waals surface area contributed by atoms with Crippen LogP contribution in [0.25, 0.3) is 0 Å². The first kappa shape index (κ1) is 16.7. The van der Waals surface area contributed by atoms with E-state index in [2.05, 4.69) is 0 Å². The molecular weight excluding hydrogens is 278 g/mol. The number of amides is 1. The predicted molar refractivity (Wildman–Crippen MR) is 74.8 cm³/mol. The lowest BCUT2D eigenvalue weighted by molar-refractivity contribution is -0.143. The molecule has 0 atom stereocenters. The van der Waals surface area contributed by atoms with E-state index in [4.69, 9.17) is 4.74 Å². The minimum Gasteiger partial charge on any atom is -0.466 e. The van der Waals surface area contributed by atoms with E-state index >= 15 is 0 Å². The number of hydrogen-bond acceptors (Lipinski definition) is 5. The van der Waals surface area contributed by atoms with Crippen molar-refractivity contribution in [3.05, 3.63) is 33.1 Å². The number of aromatic nitrogens is 2. The van der Waals surface area contributed by atoms with Crippen LogP contribution in [0.4, 0.5) is 0 Å². The fourth-order valence-corrected chi connectivity index (χ4v) is 1.62. The van der Waals surface area contributed by atoms with E-state index in [9.17, 15) is 19.2 Å². The van der Waals surface area contributed by atoms with Crippen LogP contribution >= 0.6 is 0 Å². The maximum absolute atomic E-state index is 12.0. The van der Waals surface area contributed by atoms with Crippen LogP contribution in [0, 0.1) is 0 Å². The molecule has 0 fully saturated rings. The average molecular weight is 297 g/mol. The van der Waals surface area contributed by atoms with Crippen LogP contribution in [-0.4, -0.2) is 46.1 Å². The van der Waals surface area contributed by atoms with E-state index < -0.39 is 11.2 Å². The van der Waals surface area contributed by atoms with Gasteiger partial charge < -0.3 is 9.64 Å². The summed E-state index contributed by atoms with van der Waals surface area (Å²) in [7, 11) is 2.88. The number of carbonyl (C=O) groups excluding carboxylic acids is 2. The minimum absolute atomic E-state index is 0.0955. The van der Waals surface area contributed by atoms with Gasteiger partial charge in [-0.15, -0.1) is 0 Å². The highest BCUT2D eigenvalue weighted by Crippen LogP contribution is 1.94. The average Bonchev–Trinajstić information content (AvgIpc) is 2.45. The van der Waals surface area contributed by atoms with E-state index in [-0.39, 0.29) is 31.4 Å². The summed E-state index contributed by atoms with van der Waals surface area (Å²) in [6.45, 7) is 2.02. The Hall–Kier alpha value is -2.38. The second kappa shape index (κ2) is 7.41. The van der Waals surface area contributed by atoms with Crippen molar-refractivity contribution in [3.63, 3.8) is 0 Å². The Kier molecular flexibility index (Phi) is 5.89. The second-order valence-electron chi connectivity index (χ2n) is 4.49. The molecular formula is C13H19N3O5. The van der Waals surface area contributed by atoms with Crippen molar-refractivity contribution in [3.8, 4) is 0 Å². The van der Waals surface area contributed by atoms with Crippen molar-refractivity contribution in [1.82, 2.24) is 14.0 Å². The second-order valence-corrected chi connectivity index (χ2v) is 4.49. The molecule has 0 radical (unpaired) electrons. The molecule has 0 aliphatic rings. The molecule has 0 aromatic carbocycles. The first-order valence-electron chi connectivity index (χ1n) is 6.53. The lowest BCUT2D eigenvalue weighted by Crippen LogP contribution is -2.41. The summed E-state index contributed by atoms with van der Waals surface area (Å²) in [6.07, 6.45) is 1.38. The number of rotatable bonds is 6. The molecule has 21 heavy (non-hydrogen) atoms. The number of ether oxygens (including phenoxy) is 1. The van der Waals surface area contributed by atoms with Gasteiger partial charge in [-0.05, 0) is 6.92 Å². The first-order valence-corrected chi connectivity index (χ1v) is 6.53. The molecule has 1 heterocycles. The molecule has 0 unspecified atom stereocenters. The number of carbonyl (C=O) groups is 2. The van der Waals surface area contributed by atoms with Crippen LogP contribution < -0.4 is 11.2 Å². The molecule has 116 valence electrons. The molecule has 1 aromatic rings.